The van der Waals surface area contributed by atoms with E-state index in [0.29, 0.717) is 16.8 Å². The van der Waals surface area contributed by atoms with Gasteiger partial charge in [-0.05, 0) is 23.8 Å². The summed E-state index contributed by atoms with van der Waals surface area (Å²) in [5, 5.41) is 9.33. The Morgan fingerprint density at radius 2 is 1.96 bits per heavy atom. The first-order valence-electron chi connectivity index (χ1n) is 7.28. The van der Waals surface area contributed by atoms with Crippen molar-refractivity contribution in [2.45, 2.75) is 6.61 Å². The van der Waals surface area contributed by atoms with Crippen LogP contribution in [-0.4, -0.2) is 16.7 Å². The first-order chi connectivity index (χ1) is 11.6. The van der Waals surface area contributed by atoms with E-state index >= 15 is 0 Å². The third kappa shape index (κ3) is 2.79. The third-order valence-corrected chi connectivity index (χ3v) is 3.75. The van der Waals surface area contributed by atoms with Gasteiger partial charge in [-0.3, -0.25) is 9.78 Å². The van der Waals surface area contributed by atoms with Gasteiger partial charge < -0.3 is 14.0 Å². The summed E-state index contributed by atoms with van der Waals surface area (Å²) in [6.45, 7) is 0.265. The Morgan fingerprint density at radius 3 is 2.62 bits per heavy atom. The molecule has 0 aliphatic heterocycles. The van der Waals surface area contributed by atoms with Crippen molar-refractivity contribution >= 4 is 11.0 Å². The van der Waals surface area contributed by atoms with E-state index in [4.69, 9.17) is 9.47 Å². The van der Waals surface area contributed by atoms with Gasteiger partial charge in [-0.15, -0.1) is 0 Å². The van der Waals surface area contributed by atoms with Gasteiger partial charge in [0.1, 0.15) is 29.5 Å². The highest BCUT2D eigenvalue weighted by molar-refractivity contribution is 5.83. The fourth-order valence-corrected chi connectivity index (χ4v) is 2.42. The molecule has 0 saturated carbocycles. The molecule has 0 bridgehead atoms. The fraction of sp³-hybridized carbons (Fsp3) is 0.167. The second-order valence-corrected chi connectivity index (χ2v) is 5.21. The van der Waals surface area contributed by atoms with Gasteiger partial charge in [-0.2, -0.15) is 5.26 Å². The largest absolute Gasteiger partial charge is 0.497 e. The molecule has 2 aromatic heterocycles. The highest BCUT2D eigenvalue weighted by Gasteiger charge is 2.14. The predicted octanol–water partition coefficient (Wildman–Crippen LogP) is 2.39. The Bertz CT molecular complexity index is 985. The number of pyridine rings is 2. The molecule has 0 fully saturated rings. The lowest BCUT2D eigenvalue weighted by molar-refractivity contribution is 0.307. The van der Waals surface area contributed by atoms with Gasteiger partial charge in [0, 0.05) is 19.3 Å². The Balaban J connectivity index is 2.02. The Morgan fingerprint density at radius 1 is 1.21 bits per heavy atom. The Hall–Kier alpha value is -3.33. The lowest BCUT2D eigenvalue weighted by Crippen LogP contribution is -2.16. The topological polar surface area (TPSA) is 77.1 Å². The van der Waals surface area contributed by atoms with Crippen molar-refractivity contribution in [1.29, 1.82) is 5.26 Å². The van der Waals surface area contributed by atoms with Gasteiger partial charge >= 0.3 is 0 Å². The van der Waals surface area contributed by atoms with Crippen LogP contribution in [0.25, 0.3) is 11.0 Å². The molecule has 24 heavy (non-hydrogen) atoms. The summed E-state index contributed by atoms with van der Waals surface area (Å²) < 4.78 is 12.4. The fourth-order valence-electron chi connectivity index (χ4n) is 2.42. The van der Waals surface area contributed by atoms with E-state index in [1.807, 2.05) is 24.3 Å². The maximum atomic E-state index is 11.9. The molecule has 0 N–H and O–H groups in total. The Labute approximate surface area is 138 Å². The van der Waals surface area contributed by atoms with Crippen LogP contribution in [0.4, 0.5) is 0 Å². The van der Waals surface area contributed by atoms with E-state index in [1.54, 1.807) is 20.2 Å². The number of rotatable bonds is 4. The smallest absolute Gasteiger partial charge is 0.250 e. The number of fused-ring (bicyclic) bond motifs is 1. The van der Waals surface area contributed by atoms with Crippen LogP contribution in [-0.2, 0) is 13.7 Å². The number of nitriles is 1. The van der Waals surface area contributed by atoms with Crippen molar-refractivity contribution < 1.29 is 9.47 Å². The second kappa shape index (κ2) is 6.42. The summed E-state index contributed by atoms with van der Waals surface area (Å²) in [6, 6.07) is 12.6. The standard InChI is InChI=1S/C18H15N3O3/c1-21-16(22)8-7-15-17(21)18(13(9-19)10-20-15)24-11-12-3-5-14(23-2)6-4-12/h3-8,10H,11H2,1-2H3. The van der Waals surface area contributed by atoms with Crippen LogP contribution in [0.5, 0.6) is 11.5 Å². The predicted molar refractivity (Wildman–Crippen MR) is 89.0 cm³/mol. The molecule has 0 aliphatic rings. The van der Waals surface area contributed by atoms with Gasteiger partial charge in [0.05, 0.1) is 12.6 Å². The zero-order chi connectivity index (χ0) is 17.1. The SMILES string of the molecule is COc1ccc(COc2c(C#N)cnc3ccc(=O)n(C)c23)cc1. The average Bonchev–Trinajstić information content (AvgIpc) is 2.63. The van der Waals surface area contributed by atoms with Crippen molar-refractivity contribution in [3.8, 4) is 17.6 Å². The zero-order valence-electron chi connectivity index (χ0n) is 13.3. The lowest BCUT2D eigenvalue weighted by Gasteiger charge is -2.13. The minimum atomic E-state index is -0.186. The van der Waals surface area contributed by atoms with Gasteiger partial charge in [0.15, 0.2) is 5.75 Å². The molecule has 120 valence electrons. The number of nitrogens with zero attached hydrogens (tertiary/aromatic N) is 3. The molecule has 0 atom stereocenters. The molecule has 0 radical (unpaired) electrons. The van der Waals surface area contributed by atoms with Crippen LogP contribution in [0.3, 0.4) is 0 Å². The number of aromatic nitrogens is 2. The van der Waals surface area contributed by atoms with Crippen LogP contribution in [0.1, 0.15) is 11.1 Å². The normalized spacial score (nSPS) is 10.4. The molecule has 0 unspecified atom stereocenters. The van der Waals surface area contributed by atoms with E-state index in [2.05, 4.69) is 11.1 Å². The van der Waals surface area contributed by atoms with Crippen LogP contribution in [0.15, 0.2) is 47.4 Å². The van der Waals surface area contributed by atoms with Crippen molar-refractivity contribution in [1.82, 2.24) is 9.55 Å². The summed E-state index contributed by atoms with van der Waals surface area (Å²) in [5.41, 5.74) is 2.13. The van der Waals surface area contributed by atoms with Crippen LogP contribution in [0, 0.1) is 11.3 Å². The number of hydrogen-bond donors (Lipinski definition) is 0. The third-order valence-electron chi connectivity index (χ3n) is 3.75. The summed E-state index contributed by atoms with van der Waals surface area (Å²) in [4.78, 5) is 16.1. The van der Waals surface area contributed by atoms with E-state index in [-0.39, 0.29) is 17.7 Å². The van der Waals surface area contributed by atoms with Crippen LogP contribution >= 0.6 is 0 Å². The number of hydrogen-bond acceptors (Lipinski definition) is 5. The minimum absolute atomic E-state index is 0.186. The van der Waals surface area contributed by atoms with Gasteiger partial charge in [0.2, 0.25) is 0 Å². The van der Waals surface area contributed by atoms with Crippen molar-refractivity contribution in [3.05, 3.63) is 64.1 Å². The summed E-state index contributed by atoms with van der Waals surface area (Å²) in [7, 11) is 3.24. The zero-order valence-corrected chi connectivity index (χ0v) is 13.3. The first-order valence-corrected chi connectivity index (χ1v) is 7.28. The number of ether oxygens (including phenoxy) is 2. The highest BCUT2D eigenvalue weighted by atomic mass is 16.5. The van der Waals surface area contributed by atoms with E-state index in [9.17, 15) is 10.1 Å². The molecule has 0 amide bonds. The van der Waals surface area contributed by atoms with Crippen molar-refractivity contribution in [2.24, 2.45) is 7.05 Å². The van der Waals surface area contributed by atoms with Crippen molar-refractivity contribution in [3.63, 3.8) is 0 Å². The first kappa shape index (κ1) is 15.6. The monoisotopic (exact) mass is 321 g/mol. The number of methoxy groups -OCH3 is 1. The molecular formula is C18H15N3O3. The molecule has 6 nitrogen and oxygen atoms in total. The summed E-state index contributed by atoms with van der Waals surface area (Å²) >= 11 is 0. The molecule has 0 aliphatic carbocycles. The molecule has 3 rings (SSSR count). The highest BCUT2D eigenvalue weighted by Crippen LogP contribution is 2.27. The Kier molecular flexibility index (Phi) is 4.17. The summed E-state index contributed by atoms with van der Waals surface area (Å²) in [5.74, 6) is 1.12. The number of aryl methyl sites for hydroxylation is 1. The van der Waals surface area contributed by atoms with E-state index < -0.39 is 0 Å². The second-order valence-electron chi connectivity index (χ2n) is 5.21. The van der Waals surface area contributed by atoms with Crippen molar-refractivity contribution in [2.75, 3.05) is 7.11 Å². The van der Waals surface area contributed by atoms with Gasteiger partial charge in [0.25, 0.3) is 5.56 Å². The van der Waals surface area contributed by atoms with E-state index in [1.165, 1.54) is 16.8 Å². The van der Waals surface area contributed by atoms with Gasteiger partial charge in [-0.1, -0.05) is 12.1 Å². The summed E-state index contributed by atoms with van der Waals surface area (Å²) in [6.07, 6.45) is 1.45. The van der Waals surface area contributed by atoms with E-state index in [0.717, 1.165) is 11.3 Å². The lowest BCUT2D eigenvalue weighted by atomic mass is 10.2. The number of benzene rings is 1. The maximum Gasteiger partial charge on any atom is 0.250 e. The molecule has 0 spiro atoms. The minimum Gasteiger partial charge on any atom is -0.497 e. The maximum absolute atomic E-state index is 11.9. The van der Waals surface area contributed by atoms with Crippen LogP contribution in [0.2, 0.25) is 0 Å². The molecule has 2 heterocycles. The average molecular weight is 321 g/mol. The molecule has 0 saturated heterocycles. The quantitative estimate of drug-likeness (QED) is 0.737. The molecular weight excluding hydrogens is 306 g/mol. The van der Waals surface area contributed by atoms with Gasteiger partial charge in [-0.25, -0.2) is 0 Å². The molecule has 1 aromatic carbocycles. The molecule has 6 heteroatoms. The van der Waals surface area contributed by atoms with Crippen LogP contribution < -0.4 is 15.0 Å². The molecule has 3 aromatic rings.